The van der Waals surface area contributed by atoms with Gasteiger partial charge in [0.15, 0.2) is 11.4 Å². The third-order valence-electron chi connectivity index (χ3n) is 4.34. The van der Waals surface area contributed by atoms with E-state index in [2.05, 4.69) is 14.9 Å². The van der Waals surface area contributed by atoms with Crippen LogP contribution in [-0.2, 0) is 21.3 Å². The second-order valence-electron chi connectivity index (χ2n) is 6.30. The molecular formula is C16H18N4O6S. The second-order valence-corrected chi connectivity index (χ2v) is 8.07. The molecule has 4 rings (SSSR count). The average Bonchev–Trinajstić information content (AvgIpc) is 3.35. The molecule has 0 saturated carbocycles. The minimum atomic E-state index is -3.74. The van der Waals surface area contributed by atoms with Crippen molar-refractivity contribution < 1.29 is 22.1 Å². The zero-order valence-corrected chi connectivity index (χ0v) is 15.4. The van der Waals surface area contributed by atoms with E-state index in [1.807, 2.05) is 0 Å². The Morgan fingerprint density at radius 3 is 2.93 bits per heavy atom. The fraction of sp³-hybridized carbons (Fsp3) is 0.438. The number of nitrogens with one attached hydrogen (secondary N) is 1. The third-order valence-corrected chi connectivity index (χ3v) is 5.77. The van der Waals surface area contributed by atoms with E-state index in [9.17, 15) is 13.2 Å². The maximum Gasteiger partial charge on any atom is 0.420 e. The first-order valence-electron chi connectivity index (χ1n) is 8.46. The molecule has 2 aromatic heterocycles. The first kappa shape index (κ1) is 17.9. The summed E-state index contributed by atoms with van der Waals surface area (Å²) in [4.78, 5) is 16.2. The van der Waals surface area contributed by atoms with Gasteiger partial charge in [-0.15, -0.1) is 0 Å². The summed E-state index contributed by atoms with van der Waals surface area (Å²) in [6.07, 6.45) is 1.65. The van der Waals surface area contributed by atoms with Crippen LogP contribution in [0.15, 0.2) is 36.8 Å². The summed E-state index contributed by atoms with van der Waals surface area (Å²) < 4.78 is 44.3. The Morgan fingerprint density at radius 1 is 1.37 bits per heavy atom. The van der Waals surface area contributed by atoms with Crippen molar-refractivity contribution in [2.75, 3.05) is 13.2 Å². The summed E-state index contributed by atoms with van der Waals surface area (Å²) in [5, 5.41) is 3.75. The summed E-state index contributed by atoms with van der Waals surface area (Å²) >= 11 is 0. The zero-order chi connectivity index (χ0) is 19.0. The molecule has 1 aliphatic heterocycles. The van der Waals surface area contributed by atoms with Crippen molar-refractivity contribution in [2.24, 2.45) is 0 Å². The lowest BCUT2D eigenvalue weighted by Gasteiger charge is -2.11. The Labute approximate surface area is 154 Å². The molecule has 0 amide bonds. The molecule has 3 aromatic rings. The topological polar surface area (TPSA) is 129 Å². The number of benzene rings is 1. The standard InChI is InChI=1S/C16H18N4O6S/c1-10-18-15(19-26-10)9-20-13-5-4-12(7-14(13)25-16(20)21)27(22,23)17-8-11-3-2-6-24-11/h4-5,7,11,17H,2-3,6,8-9H2,1H3/t11-/m0/s1. The number of oxazole rings is 1. The van der Waals surface area contributed by atoms with Crippen molar-refractivity contribution in [3.63, 3.8) is 0 Å². The number of hydrogen-bond acceptors (Lipinski definition) is 8. The molecule has 10 nitrogen and oxygen atoms in total. The minimum absolute atomic E-state index is 0.0179. The smallest absolute Gasteiger partial charge is 0.408 e. The number of hydrogen-bond donors (Lipinski definition) is 1. The molecule has 1 saturated heterocycles. The van der Waals surface area contributed by atoms with Gasteiger partial charge in [-0.3, -0.25) is 4.57 Å². The lowest BCUT2D eigenvalue weighted by Crippen LogP contribution is -2.31. The van der Waals surface area contributed by atoms with Crippen LogP contribution < -0.4 is 10.5 Å². The van der Waals surface area contributed by atoms with Crippen molar-refractivity contribution in [1.82, 2.24) is 19.4 Å². The van der Waals surface area contributed by atoms with E-state index in [0.29, 0.717) is 23.8 Å². The molecule has 0 unspecified atom stereocenters. The summed E-state index contributed by atoms with van der Waals surface area (Å²) in [5.74, 6) is 0.0816. The van der Waals surface area contributed by atoms with Crippen LogP contribution in [0, 0.1) is 6.92 Å². The Hall–Kier alpha value is -2.50. The largest absolute Gasteiger partial charge is 0.420 e. The van der Waals surface area contributed by atoms with Gasteiger partial charge >= 0.3 is 5.76 Å². The molecule has 3 heterocycles. The molecular weight excluding hydrogens is 376 g/mol. The van der Waals surface area contributed by atoms with Gasteiger partial charge in [0.05, 0.1) is 23.1 Å². The summed E-state index contributed by atoms with van der Waals surface area (Å²) in [6, 6.07) is 4.27. The Morgan fingerprint density at radius 2 is 2.22 bits per heavy atom. The lowest BCUT2D eigenvalue weighted by molar-refractivity contribution is 0.114. The quantitative estimate of drug-likeness (QED) is 0.650. The molecule has 0 aliphatic carbocycles. The number of nitrogens with zero attached hydrogens (tertiary/aromatic N) is 3. The SMILES string of the molecule is Cc1nc(Cn2c(=O)oc3cc(S(=O)(=O)NC[C@@H]4CCCO4)ccc32)no1. The summed E-state index contributed by atoms with van der Waals surface area (Å²) in [6.45, 7) is 2.57. The van der Waals surface area contributed by atoms with Gasteiger partial charge in [-0.05, 0) is 25.0 Å². The molecule has 1 fully saturated rings. The number of rotatable bonds is 6. The van der Waals surface area contributed by atoms with Gasteiger partial charge in [0.1, 0.15) is 0 Å². The molecule has 0 spiro atoms. The van der Waals surface area contributed by atoms with Crippen LogP contribution in [0.4, 0.5) is 0 Å². The van der Waals surface area contributed by atoms with Gasteiger partial charge < -0.3 is 13.7 Å². The molecule has 1 aliphatic rings. The summed E-state index contributed by atoms with van der Waals surface area (Å²) in [5.41, 5.74) is 0.612. The molecule has 27 heavy (non-hydrogen) atoms. The Bertz CT molecular complexity index is 1120. The maximum atomic E-state index is 12.5. The van der Waals surface area contributed by atoms with Crippen LogP contribution in [0.2, 0.25) is 0 Å². The number of aromatic nitrogens is 3. The van der Waals surface area contributed by atoms with Crippen molar-refractivity contribution in [3.8, 4) is 0 Å². The van der Waals surface area contributed by atoms with Gasteiger partial charge in [0.2, 0.25) is 15.9 Å². The van der Waals surface area contributed by atoms with Crippen LogP contribution >= 0.6 is 0 Å². The maximum absolute atomic E-state index is 12.5. The van der Waals surface area contributed by atoms with E-state index < -0.39 is 15.8 Å². The van der Waals surface area contributed by atoms with Gasteiger partial charge in [0.25, 0.3) is 0 Å². The highest BCUT2D eigenvalue weighted by atomic mass is 32.2. The average molecular weight is 394 g/mol. The number of sulfonamides is 1. The predicted octanol–water partition coefficient (Wildman–Crippen LogP) is 0.792. The zero-order valence-electron chi connectivity index (χ0n) is 14.5. The molecule has 0 bridgehead atoms. The van der Waals surface area contributed by atoms with Crippen LogP contribution in [0.25, 0.3) is 11.1 Å². The van der Waals surface area contributed by atoms with Crippen LogP contribution in [-0.4, -0.2) is 42.4 Å². The number of fused-ring (bicyclic) bond motifs is 1. The van der Waals surface area contributed by atoms with E-state index in [4.69, 9.17) is 13.7 Å². The summed E-state index contributed by atoms with van der Waals surface area (Å²) in [7, 11) is -3.74. The molecule has 1 N–H and O–H groups in total. The second kappa shape index (κ2) is 6.91. The monoisotopic (exact) mass is 394 g/mol. The van der Waals surface area contributed by atoms with Crippen LogP contribution in [0.5, 0.6) is 0 Å². The number of aryl methyl sites for hydroxylation is 1. The van der Waals surface area contributed by atoms with E-state index in [0.717, 1.165) is 12.8 Å². The molecule has 1 aromatic carbocycles. The molecule has 11 heteroatoms. The third kappa shape index (κ3) is 3.66. The Kier molecular flexibility index (Phi) is 4.58. The predicted molar refractivity (Wildman–Crippen MR) is 92.8 cm³/mol. The minimum Gasteiger partial charge on any atom is -0.408 e. The molecule has 144 valence electrons. The van der Waals surface area contributed by atoms with Gasteiger partial charge in [-0.25, -0.2) is 17.9 Å². The fourth-order valence-corrected chi connectivity index (χ4v) is 4.08. The van der Waals surface area contributed by atoms with Gasteiger partial charge in [0, 0.05) is 26.1 Å². The van der Waals surface area contributed by atoms with Crippen molar-refractivity contribution in [1.29, 1.82) is 0 Å². The van der Waals surface area contributed by atoms with Crippen molar-refractivity contribution in [3.05, 3.63) is 40.5 Å². The first-order chi connectivity index (χ1) is 12.9. The van der Waals surface area contributed by atoms with Crippen molar-refractivity contribution in [2.45, 2.75) is 37.3 Å². The van der Waals surface area contributed by atoms with E-state index in [1.165, 1.54) is 22.8 Å². The van der Waals surface area contributed by atoms with Gasteiger partial charge in [-0.2, -0.15) is 4.98 Å². The Balaban J connectivity index is 1.59. The van der Waals surface area contributed by atoms with E-state index >= 15 is 0 Å². The lowest BCUT2D eigenvalue weighted by atomic mass is 10.2. The van der Waals surface area contributed by atoms with Gasteiger partial charge in [-0.1, -0.05) is 5.16 Å². The van der Waals surface area contributed by atoms with Crippen molar-refractivity contribution >= 4 is 21.1 Å². The first-order valence-corrected chi connectivity index (χ1v) is 9.94. The highest BCUT2D eigenvalue weighted by Crippen LogP contribution is 2.20. The number of ether oxygens (including phenoxy) is 1. The fourth-order valence-electron chi connectivity index (χ4n) is 3.00. The van der Waals surface area contributed by atoms with E-state index in [-0.39, 0.29) is 29.7 Å². The highest BCUT2D eigenvalue weighted by Gasteiger charge is 2.22. The van der Waals surface area contributed by atoms with E-state index in [1.54, 1.807) is 6.92 Å². The highest BCUT2D eigenvalue weighted by molar-refractivity contribution is 7.89. The van der Waals surface area contributed by atoms with Crippen LogP contribution in [0.3, 0.4) is 0 Å². The normalized spacial score (nSPS) is 17.7. The van der Waals surface area contributed by atoms with Crippen LogP contribution in [0.1, 0.15) is 24.6 Å². The molecule has 1 atom stereocenters. The molecule has 0 radical (unpaired) electrons.